The van der Waals surface area contributed by atoms with Crippen molar-refractivity contribution in [2.24, 2.45) is 5.92 Å². The summed E-state index contributed by atoms with van der Waals surface area (Å²) in [6.45, 7) is 13.0. The van der Waals surface area contributed by atoms with Crippen molar-refractivity contribution < 1.29 is 9.53 Å². The molecule has 2 heterocycles. The molecule has 0 radical (unpaired) electrons. The van der Waals surface area contributed by atoms with E-state index >= 15 is 0 Å². The first-order valence-electron chi connectivity index (χ1n) is 9.29. The maximum absolute atomic E-state index is 12.6. The fraction of sp³-hybridized carbons (Fsp3) is 0.737. The molecule has 1 aromatic heterocycles. The van der Waals surface area contributed by atoms with Crippen LogP contribution in [0.5, 0.6) is 0 Å². The zero-order valence-electron chi connectivity index (χ0n) is 15.6. The lowest BCUT2D eigenvalue weighted by Gasteiger charge is -2.38. The number of thiophene rings is 1. The third-order valence-corrected chi connectivity index (χ3v) is 6.53. The Hall–Kier alpha value is -0.910. The van der Waals surface area contributed by atoms with E-state index in [2.05, 4.69) is 37.9 Å². The highest BCUT2D eigenvalue weighted by atomic mass is 32.1. The van der Waals surface area contributed by atoms with E-state index in [-0.39, 0.29) is 5.91 Å². The van der Waals surface area contributed by atoms with Crippen LogP contribution in [0.2, 0.25) is 0 Å². The molecule has 4 nitrogen and oxygen atoms in total. The van der Waals surface area contributed by atoms with E-state index in [4.69, 9.17) is 4.74 Å². The number of carbonyl (C=O) groups is 1. The predicted molar refractivity (Wildman–Crippen MR) is 101 cm³/mol. The minimum atomic E-state index is 0.0759. The Bertz CT molecular complexity index is 519. The maximum Gasteiger partial charge on any atom is 0.261 e. The molecule has 1 saturated heterocycles. The zero-order chi connectivity index (χ0) is 17.5. The molecule has 1 aliphatic rings. The predicted octanol–water partition coefficient (Wildman–Crippen LogP) is 3.49. The smallest absolute Gasteiger partial charge is 0.261 e. The molecule has 5 heteroatoms. The van der Waals surface area contributed by atoms with Crippen molar-refractivity contribution >= 4 is 17.2 Å². The van der Waals surface area contributed by atoms with Crippen LogP contribution in [-0.4, -0.2) is 49.7 Å². The standard InChI is InChI=1S/C19H32N2O2S/c1-5-15(6-2)16(21-8-10-23-11-9-21)13-20-19(22)18-12-14(4)17(7-3)24-18/h12,15-16H,5-11,13H2,1-4H3,(H,20,22). The summed E-state index contributed by atoms with van der Waals surface area (Å²) in [4.78, 5) is 17.2. The summed E-state index contributed by atoms with van der Waals surface area (Å²) in [6.07, 6.45) is 3.28. The molecule has 136 valence electrons. The second-order valence-electron chi connectivity index (χ2n) is 6.57. The summed E-state index contributed by atoms with van der Waals surface area (Å²) in [7, 11) is 0. The molecule has 2 rings (SSSR count). The van der Waals surface area contributed by atoms with Crippen LogP contribution >= 0.6 is 11.3 Å². The third kappa shape index (κ3) is 4.80. The molecule has 0 spiro atoms. The average Bonchev–Trinajstić information content (AvgIpc) is 3.00. The van der Waals surface area contributed by atoms with Crippen LogP contribution in [-0.2, 0) is 11.2 Å². The van der Waals surface area contributed by atoms with Crippen LogP contribution in [0.15, 0.2) is 6.07 Å². The Balaban J connectivity index is 2.01. The summed E-state index contributed by atoms with van der Waals surface area (Å²) < 4.78 is 5.49. The van der Waals surface area contributed by atoms with Crippen molar-refractivity contribution in [3.63, 3.8) is 0 Å². The van der Waals surface area contributed by atoms with Gasteiger partial charge in [-0.3, -0.25) is 9.69 Å². The second-order valence-corrected chi connectivity index (χ2v) is 7.71. The average molecular weight is 353 g/mol. The van der Waals surface area contributed by atoms with Crippen LogP contribution in [0.1, 0.15) is 53.7 Å². The highest BCUT2D eigenvalue weighted by Crippen LogP contribution is 2.23. The Morgan fingerprint density at radius 3 is 2.50 bits per heavy atom. The van der Waals surface area contributed by atoms with E-state index in [1.54, 1.807) is 11.3 Å². The van der Waals surface area contributed by atoms with Gasteiger partial charge in [-0.05, 0) is 30.9 Å². The van der Waals surface area contributed by atoms with Crippen LogP contribution in [0.25, 0.3) is 0 Å². The number of morpholine rings is 1. The van der Waals surface area contributed by atoms with E-state index in [1.807, 2.05) is 6.07 Å². The van der Waals surface area contributed by atoms with E-state index in [9.17, 15) is 4.79 Å². The van der Waals surface area contributed by atoms with Crippen LogP contribution in [0.4, 0.5) is 0 Å². The Labute approximate surface area is 150 Å². The number of carbonyl (C=O) groups excluding carboxylic acids is 1. The first kappa shape index (κ1) is 19.4. The van der Waals surface area contributed by atoms with Gasteiger partial charge < -0.3 is 10.1 Å². The Morgan fingerprint density at radius 2 is 1.96 bits per heavy atom. The number of rotatable bonds is 8. The summed E-state index contributed by atoms with van der Waals surface area (Å²) in [5.41, 5.74) is 1.23. The molecule has 0 aliphatic carbocycles. The van der Waals surface area contributed by atoms with Gasteiger partial charge in [0.25, 0.3) is 5.91 Å². The highest BCUT2D eigenvalue weighted by molar-refractivity contribution is 7.14. The van der Waals surface area contributed by atoms with Gasteiger partial charge in [-0.1, -0.05) is 33.6 Å². The SMILES string of the molecule is CCc1sc(C(=O)NCC(C(CC)CC)N2CCOCC2)cc1C. The summed E-state index contributed by atoms with van der Waals surface area (Å²) in [5, 5.41) is 3.20. The number of aryl methyl sites for hydroxylation is 2. The minimum Gasteiger partial charge on any atom is -0.379 e. The van der Waals surface area contributed by atoms with Gasteiger partial charge in [0.2, 0.25) is 0 Å². The molecule has 1 atom stereocenters. The summed E-state index contributed by atoms with van der Waals surface area (Å²) in [6, 6.07) is 2.43. The fourth-order valence-corrected chi connectivity index (χ4v) is 4.63. The first-order valence-corrected chi connectivity index (χ1v) is 10.1. The van der Waals surface area contributed by atoms with Crippen LogP contribution < -0.4 is 5.32 Å². The number of hydrogen-bond acceptors (Lipinski definition) is 4. The molecule has 24 heavy (non-hydrogen) atoms. The normalized spacial score (nSPS) is 17.2. The topological polar surface area (TPSA) is 41.6 Å². The molecule has 0 saturated carbocycles. The van der Waals surface area contributed by atoms with E-state index in [0.29, 0.717) is 12.0 Å². The van der Waals surface area contributed by atoms with Gasteiger partial charge >= 0.3 is 0 Å². The number of amides is 1. The maximum atomic E-state index is 12.6. The molecule has 1 aromatic rings. The van der Waals surface area contributed by atoms with E-state index in [0.717, 1.165) is 57.0 Å². The van der Waals surface area contributed by atoms with Crippen molar-refractivity contribution in [3.05, 3.63) is 21.4 Å². The van der Waals surface area contributed by atoms with Crippen LogP contribution in [0, 0.1) is 12.8 Å². The van der Waals surface area contributed by atoms with Gasteiger partial charge in [0.05, 0.1) is 18.1 Å². The van der Waals surface area contributed by atoms with Gasteiger partial charge in [0.15, 0.2) is 0 Å². The Morgan fingerprint density at radius 1 is 1.29 bits per heavy atom. The van der Waals surface area contributed by atoms with Gasteiger partial charge in [-0.2, -0.15) is 0 Å². The van der Waals surface area contributed by atoms with Crippen molar-refractivity contribution in [3.8, 4) is 0 Å². The number of nitrogens with zero attached hydrogens (tertiary/aromatic N) is 1. The monoisotopic (exact) mass is 352 g/mol. The lowest BCUT2D eigenvalue weighted by Crippen LogP contribution is -2.52. The van der Waals surface area contributed by atoms with Crippen molar-refractivity contribution in [2.75, 3.05) is 32.8 Å². The second kappa shape index (κ2) is 9.54. The molecule has 1 fully saturated rings. The molecule has 1 aliphatic heterocycles. The summed E-state index contributed by atoms with van der Waals surface area (Å²) >= 11 is 1.63. The van der Waals surface area contributed by atoms with Gasteiger partial charge in [0, 0.05) is 30.6 Å². The molecule has 1 N–H and O–H groups in total. The highest BCUT2D eigenvalue weighted by Gasteiger charge is 2.27. The molecule has 0 aromatic carbocycles. The van der Waals surface area contributed by atoms with E-state index < -0.39 is 0 Å². The van der Waals surface area contributed by atoms with Gasteiger partial charge in [0.1, 0.15) is 0 Å². The minimum absolute atomic E-state index is 0.0759. The van der Waals surface area contributed by atoms with Gasteiger partial charge in [-0.25, -0.2) is 0 Å². The lowest BCUT2D eigenvalue weighted by atomic mass is 9.92. The molecule has 1 amide bonds. The van der Waals surface area contributed by atoms with Crippen molar-refractivity contribution in [1.29, 1.82) is 0 Å². The zero-order valence-corrected chi connectivity index (χ0v) is 16.4. The molecule has 0 bridgehead atoms. The molecule has 1 unspecified atom stereocenters. The summed E-state index contributed by atoms with van der Waals surface area (Å²) in [5.74, 6) is 0.687. The molecular weight excluding hydrogens is 320 g/mol. The first-order chi connectivity index (χ1) is 11.6. The largest absolute Gasteiger partial charge is 0.379 e. The number of hydrogen-bond donors (Lipinski definition) is 1. The Kier molecular flexibility index (Phi) is 7.72. The van der Waals surface area contributed by atoms with Crippen molar-refractivity contribution in [1.82, 2.24) is 10.2 Å². The third-order valence-electron chi connectivity index (χ3n) is 5.14. The quantitative estimate of drug-likeness (QED) is 0.779. The van der Waals surface area contributed by atoms with Gasteiger partial charge in [-0.15, -0.1) is 11.3 Å². The fourth-order valence-electron chi connectivity index (χ4n) is 3.60. The molecular formula is C19H32N2O2S. The van der Waals surface area contributed by atoms with E-state index in [1.165, 1.54) is 10.4 Å². The number of ether oxygens (including phenoxy) is 1. The van der Waals surface area contributed by atoms with Crippen LogP contribution in [0.3, 0.4) is 0 Å². The van der Waals surface area contributed by atoms with Crippen molar-refractivity contribution in [2.45, 2.75) is 53.0 Å². The lowest BCUT2D eigenvalue weighted by molar-refractivity contribution is 0.00192. The number of nitrogens with one attached hydrogen (secondary N) is 1.